The van der Waals surface area contributed by atoms with Gasteiger partial charge in [-0.2, -0.15) is 0 Å². The average Bonchev–Trinajstić information content (AvgIpc) is 3.70. The second kappa shape index (κ2) is 62.5. The second-order valence-corrected chi connectivity index (χ2v) is 25.3. The van der Waals surface area contributed by atoms with Crippen molar-refractivity contribution in [3.8, 4) is 0 Å². The van der Waals surface area contributed by atoms with E-state index in [0.29, 0.717) is 19.4 Å². The van der Waals surface area contributed by atoms with Crippen LogP contribution in [0.25, 0.3) is 0 Å². The van der Waals surface area contributed by atoms with Gasteiger partial charge in [0.15, 0.2) is 6.29 Å². The second-order valence-electron chi connectivity index (χ2n) is 25.3. The summed E-state index contributed by atoms with van der Waals surface area (Å²) < 4.78 is 16.7. The first-order chi connectivity index (χ1) is 41.2. The predicted molar refractivity (Wildman–Crippen MR) is 352 cm³/mol. The van der Waals surface area contributed by atoms with Crippen molar-refractivity contribution < 1.29 is 49.3 Å². The number of hydrogen-bond acceptors (Lipinski definition) is 10. The van der Waals surface area contributed by atoms with Crippen LogP contribution in [0.5, 0.6) is 0 Å². The molecule has 11 heteroatoms. The monoisotopic (exact) mass is 1190 g/mol. The Kier molecular flexibility index (Phi) is 59.4. The normalized spacial score (nSPS) is 18.2. The van der Waals surface area contributed by atoms with Gasteiger partial charge in [0.2, 0.25) is 5.91 Å². The largest absolute Gasteiger partial charge is 0.466 e. The molecular formula is C73H137NO10. The Labute approximate surface area is 517 Å². The molecule has 0 spiro atoms. The number of allylic oxidation sites excluding steroid dienone is 5. The molecule has 0 aromatic rings. The molecule has 1 aliphatic rings. The van der Waals surface area contributed by atoms with Gasteiger partial charge in [-0.25, -0.2) is 0 Å². The zero-order valence-electron chi connectivity index (χ0n) is 54.9. The van der Waals surface area contributed by atoms with Gasteiger partial charge in [-0.05, 0) is 64.2 Å². The molecule has 0 aromatic heterocycles. The molecule has 0 aliphatic carbocycles. The molecule has 1 aliphatic heterocycles. The molecule has 6 N–H and O–H groups in total. The highest BCUT2D eigenvalue weighted by Crippen LogP contribution is 2.23. The van der Waals surface area contributed by atoms with Gasteiger partial charge in [0.1, 0.15) is 24.4 Å². The van der Waals surface area contributed by atoms with Gasteiger partial charge in [-0.3, -0.25) is 9.59 Å². The minimum absolute atomic E-state index is 0.00689. The quantitative estimate of drug-likeness (QED) is 0.0195. The molecule has 11 nitrogen and oxygen atoms in total. The van der Waals surface area contributed by atoms with Crippen molar-refractivity contribution in [3.05, 3.63) is 36.5 Å². The fourth-order valence-electron chi connectivity index (χ4n) is 11.5. The minimum atomic E-state index is -1.57. The molecule has 1 heterocycles. The summed E-state index contributed by atoms with van der Waals surface area (Å²) in [6.07, 6.45) is 70.0. The van der Waals surface area contributed by atoms with Crippen LogP contribution in [0.15, 0.2) is 36.5 Å². The Balaban J connectivity index is 1.95. The van der Waals surface area contributed by atoms with Crippen LogP contribution >= 0.6 is 0 Å². The van der Waals surface area contributed by atoms with E-state index in [2.05, 4.69) is 43.5 Å². The summed E-state index contributed by atoms with van der Waals surface area (Å²) in [5, 5.41) is 54.5. The number of unbranched alkanes of at least 4 members (excludes halogenated alkanes) is 46. The average molecular weight is 1190 g/mol. The Morgan fingerprint density at radius 1 is 0.440 bits per heavy atom. The molecule has 1 fully saturated rings. The maximum absolute atomic E-state index is 13.1. The van der Waals surface area contributed by atoms with Crippen LogP contribution in [0.3, 0.4) is 0 Å². The van der Waals surface area contributed by atoms with Crippen LogP contribution < -0.4 is 5.32 Å². The predicted octanol–water partition coefficient (Wildman–Crippen LogP) is 18.6. The first-order valence-corrected chi connectivity index (χ1v) is 36.3. The fourth-order valence-corrected chi connectivity index (χ4v) is 11.5. The Morgan fingerprint density at radius 2 is 0.798 bits per heavy atom. The number of aliphatic hydroxyl groups is 5. The third-order valence-corrected chi connectivity index (χ3v) is 17.2. The van der Waals surface area contributed by atoms with E-state index in [1.165, 1.54) is 263 Å². The van der Waals surface area contributed by atoms with Crippen LogP contribution in [0, 0.1) is 0 Å². The van der Waals surface area contributed by atoms with E-state index in [1.54, 1.807) is 6.08 Å². The molecule has 1 rings (SSSR count). The summed E-state index contributed by atoms with van der Waals surface area (Å²) in [4.78, 5) is 25.1. The molecule has 0 bridgehead atoms. The number of ether oxygens (including phenoxy) is 3. The lowest BCUT2D eigenvalue weighted by Crippen LogP contribution is -2.60. The lowest BCUT2D eigenvalue weighted by atomic mass is 9.99. The lowest BCUT2D eigenvalue weighted by molar-refractivity contribution is -0.302. The van der Waals surface area contributed by atoms with Gasteiger partial charge in [-0.1, -0.05) is 314 Å². The Morgan fingerprint density at radius 3 is 1.20 bits per heavy atom. The van der Waals surface area contributed by atoms with Gasteiger partial charge < -0.3 is 45.1 Å². The van der Waals surface area contributed by atoms with Crippen molar-refractivity contribution in [3.63, 3.8) is 0 Å². The molecule has 494 valence electrons. The van der Waals surface area contributed by atoms with E-state index >= 15 is 0 Å². The van der Waals surface area contributed by atoms with Crippen LogP contribution in [0.2, 0.25) is 0 Å². The molecule has 0 radical (unpaired) electrons. The van der Waals surface area contributed by atoms with Crippen LogP contribution in [-0.4, -0.2) is 100 Å². The van der Waals surface area contributed by atoms with E-state index < -0.39 is 49.5 Å². The summed E-state index contributed by atoms with van der Waals surface area (Å²) in [5.74, 6) is -0.172. The van der Waals surface area contributed by atoms with Gasteiger partial charge in [-0.15, -0.1) is 0 Å². The number of nitrogens with one attached hydrogen (secondary N) is 1. The first-order valence-electron chi connectivity index (χ1n) is 36.3. The summed E-state index contributed by atoms with van der Waals surface area (Å²) >= 11 is 0. The summed E-state index contributed by atoms with van der Waals surface area (Å²) in [5.41, 5.74) is 0. The molecule has 1 saturated heterocycles. The van der Waals surface area contributed by atoms with E-state index in [4.69, 9.17) is 14.2 Å². The zero-order valence-corrected chi connectivity index (χ0v) is 54.9. The van der Waals surface area contributed by atoms with Crippen molar-refractivity contribution in [2.75, 3.05) is 19.8 Å². The van der Waals surface area contributed by atoms with Crippen molar-refractivity contribution in [1.82, 2.24) is 5.32 Å². The van der Waals surface area contributed by atoms with Crippen LogP contribution in [0.1, 0.15) is 354 Å². The molecule has 0 aromatic carbocycles. The molecule has 84 heavy (non-hydrogen) atoms. The lowest BCUT2D eigenvalue weighted by Gasteiger charge is -2.40. The van der Waals surface area contributed by atoms with E-state index in [1.807, 2.05) is 6.08 Å². The molecule has 7 atom stereocenters. The van der Waals surface area contributed by atoms with Gasteiger partial charge in [0, 0.05) is 12.8 Å². The summed E-state index contributed by atoms with van der Waals surface area (Å²) in [6.45, 7) is 4.37. The molecular weight excluding hydrogens is 1050 g/mol. The van der Waals surface area contributed by atoms with Gasteiger partial charge >= 0.3 is 5.97 Å². The number of esters is 1. The summed E-state index contributed by atoms with van der Waals surface area (Å²) in [6, 6.07) is -0.808. The minimum Gasteiger partial charge on any atom is -0.466 e. The zero-order chi connectivity index (χ0) is 60.9. The van der Waals surface area contributed by atoms with Crippen LogP contribution in [0.4, 0.5) is 0 Å². The van der Waals surface area contributed by atoms with Crippen molar-refractivity contribution in [1.29, 1.82) is 0 Å². The Bertz CT molecular complexity index is 1490. The highest BCUT2D eigenvalue weighted by Gasteiger charge is 2.44. The van der Waals surface area contributed by atoms with E-state index in [-0.39, 0.29) is 18.5 Å². The maximum Gasteiger partial charge on any atom is 0.305 e. The number of rotatable bonds is 64. The number of carbonyl (C=O) groups is 2. The number of amides is 1. The highest BCUT2D eigenvalue weighted by atomic mass is 16.7. The fraction of sp³-hybridized carbons (Fsp3) is 0.890. The molecule has 1 amide bonds. The summed E-state index contributed by atoms with van der Waals surface area (Å²) in [7, 11) is 0. The number of hydrogen-bond donors (Lipinski definition) is 6. The molecule has 0 saturated carbocycles. The smallest absolute Gasteiger partial charge is 0.305 e. The standard InChI is InChI=1S/C73H137NO10/c1-3-5-7-9-11-13-15-40-43-47-51-55-59-66(76)65(64-83-73-72(81)71(80)70(79)67(63-75)84-73)74-68(77)60-56-52-48-44-41-37-35-33-31-29-27-25-23-21-19-17-16-18-20-22-24-26-28-30-32-34-36-38-42-46-50-54-58-62-82-69(78)61-57-53-49-45-39-14-12-10-8-6-4-2/h20,22,26,28,55,59,65-67,70-73,75-76,79-81H,3-19,21,23-25,27,29-54,56-58,60-64H2,1-2H3,(H,74,77)/b22-20-,28-26-,59-55+. The first kappa shape index (κ1) is 79.9. The third kappa shape index (κ3) is 50.8. The highest BCUT2D eigenvalue weighted by molar-refractivity contribution is 5.76. The Hall–Kier alpha value is -2.12. The number of carbonyl (C=O) groups excluding carboxylic acids is 2. The van der Waals surface area contributed by atoms with Crippen molar-refractivity contribution in [2.45, 2.75) is 397 Å². The topological polar surface area (TPSA) is 175 Å². The van der Waals surface area contributed by atoms with Crippen molar-refractivity contribution in [2.24, 2.45) is 0 Å². The third-order valence-electron chi connectivity index (χ3n) is 17.2. The maximum atomic E-state index is 13.1. The van der Waals surface area contributed by atoms with Crippen molar-refractivity contribution >= 4 is 11.9 Å². The van der Waals surface area contributed by atoms with Crippen LogP contribution in [-0.2, 0) is 23.8 Å². The molecule has 7 unspecified atom stereocenters. The van der Waals surface area contributed by atoms with E-state index in [0.717, 1.165) is 64.2 Å². The number of aliphatic hydroxyl groups excluding tert-OH is 5. The van der Waals surface area contributed by atoms with E-state index in [9.17, 15) is 35.1 Å². The SMILES string of the molecule is CCCCCCCCCCCC/C=C/C(O)C(COC1OC(CO)C(O)C(O)C1O)NC(=O)CCCCCCCCCCCCCCCCCCC/C=C\C/C=C\CCCCCCCCCCCOC(=O)CCCCCCCCCCCCC. The van der Waals surface area contributed by atoms with Gasteiger partial charge in [0.05, 0.1) is 32.0 Å². The van der Waals surface area contributed by atoms with Gasteiger partial charge in [0.25, 0.3) is 0 Å².